The molecule has 0 spiro atoms. The van der Waals surface area contributed by atoms with E-state index in [1.54, 1.807) is 6.07 Å². The van der Waals surface area contributed by atoms with Crippen molar-refractivity contribution in [3.8, 4) is 10.7 Å². The number of thiophene rings is 1. The highest BCUT2D eigenvalue weighted by Crippen LogP contribution is 2.29. The highest BCUT2D eigenvalue weighted by Gasteiger charge is 2.12. The maximum absolute atomic E-state index is 10.7. The van der Waals surface area contributed by atoms with Gasteiger partial charge in [0.25, 0.3) is 5.69 Å². The zero-order valence-electron chi connectivity index (χ0n) is 9.41. The van der Waals surface area contributed by atoms with E-state index in [9.17, 15) is 10.1 Å². The second kappa shape index (κ2) is 4.56. The van der Waals surface area contributed by atoms with Gasteiger partial charge in [-0.2, -0.15) is 0 Å². The van der Waals surface area contributed by atoms with Crippen LogP contribution in [-0.2, 0) is 0 Å². The number of hydrogen-bond donors (Lipinski definition) is 0. The predicted octanol–water partition coefficient (Wildman–Crippen LogP) is 3.92. The fraction of sp³-hybridized carbons (Fsp3) is 0. The molecule has 0 bridgehead atoms. The van der Waals surface area contributed by atoms with E-state index in [4.69, 9.17) is 11.6 Å². The second-order valence-corrected chi connectivity index (χ2v) is 5.08. The first-order valence-corrected chi connectivity index (χ1v) is 6.56. The van der Waals surface area contributed by atoms with Crippen LogP contribution in [0.3, 0.4) is 0 Å². The molecule has 0 radical (unpaired) electrons. The number of nitro benzene ring substituents is 1. The summed E-state index contributed by atoms with van der Waals surface area (Å²) in [4.78, 5) is 19.7. The summed E-state index contributed by atoms with van der Waals surface area (Å²) in [6, 6.07) is 8.17. The van der Waals surface area contributed by atoms with Crippen molar-refractivity contribution in [1.82, 2.24) is 9.97 Å². The average Bonchev–Trinajstić information content (AvgIpc) is 2.92. The predicted molar refractivity (Wildman–Crippen MR) is 74.5 cm³/mol. The van der Waals surface area contributed by atoms with E-state index in [1.807, 2.05) is 17.5 Å². The smallest absolute Gasteiger partial charge is 0.258 e. The molecule has 0 N–H and O–H groups in total. The Kier molecular flexibility index (Phi) is 2.88. The van der Waals surface area contributed by atoms with E-state index in [-0.39, 0.29) is 10.8 Å². The molecule has 0 aliphatic rings. The summed E-state index contributed by atoms with van der Waals surface area (Å²) in [6.45, 7) is 0. The van der Waals surface area contributed by atoms with Crippen molar-refractivity contribution < 1.29 is 4.92 Å². The maximum Gasteiger partial charge on any atom is 0.270 e. The quantitative estimate of drug-likeness (QED) is 0.408. The third kappa shape index (κ3) is 2.16. The van der Waals surface area contributed by atoms with Gasteiger partial charge in [-0.1, -0.05) is 17.7 Å². The van der Waals surface area contributed by atoms with Crippen molar-refractivity contribution in [2.24, 2.45) is 0 Å². The molecule has 3 rings (SSSR count). The molecule has 3 aromatic rings. The van der Waals surface area contributed by atoms with Crippen LogP contribution in [-0.4, -0.2) is 14.9 Å². The standard InChI is InChI=1S/C12H6ClN3O2S/c13-11-8-6-7(16(17)18)3-4-9(8)14-12(15-11)10-2-1-5-19-10/h1-6H. The van der Waals surface area contributed by atoms with Crippen LogP contribution in [0.5, 0.6) is 0 Å². The molecule has 0 atom stereocenters. The summed E-state index contributed by atoms with van der Waals surface area (Å²) in [6.07, 6.45) is 0. The molecule has 7 heteroatoms. The first-order chi connectivity index (χ1) is 9.15. The van der Waals surface area contributed by atoms with E-state index in [0.29, 0.717) is 16.7 Å². The average molecular weight is 292 g/mol. The SMILES string of the molecule is O=[N+]([O-])c1ccc2nc(-c3cccs3)nc(Cl)c2c1. The molecule has 0 fully saturated rings. The number of nitrogens with zero attached hydrogens (tertiary/aromatic N) is 3. The highest BCUT2D eigenvalue weighted by molar-refractivity contribution is 7.13. The van der Waals surface area contributed by atoms with Crippen molar-refractivity contribution in [3.05, 3.63) is 51.0 Å². The van der Waals surface area contributed by atoms with Gasteiger partial charge in [0, 0.05) is 17.5 Å². The molecule has 0 aliphatic heterocycles. The molecule has 2 aromatic heterocycles. The third-order valence-corrected chi connectivity index (χ3v) is 3.74. The first-order valence-electron chi connectivity index (χ1n) is 5.31. The molecule has 19 heavy (non-hydrogen) atoms. The zero-order chi connectivity index (χ0) is 13.4. The van der Waals surface area contributed by atoms with E-state index in [0.717, 1.165) is 4.88 Å². The van der Waals surface area contributed by atoms with Gasteiger partial charge in [0.1, 0.15) is 5.15 Å². The Morgan fingerprint density at radius 2 is 2.11 bits per heavy atom. The molecule has 2 heterocycles. The van der Waals surface area contributed by atoms with Crippen LogP contribution in [0.15, 0.2) is 35.7 Å². The largest absolute Gasteiger partial charge is 0.270 e. The number of nitro groups is 1. The van der Waals surface area contributed by atoms with Gasteiger partial charge < -0.3 is 0 Å². The van der Waals surface area contributed by atoms with Crippen LogP contribution >= 0.6 is 22.9 Å². The number of hydrogen-bond acceptors (Lipinski definition) is 5. The molecule has 0 amide bonds. The molecule has 0 aliphatic carbocycles. The molecular formula is C12H6ClN3O2S. The lowest BCUT2D eigenvalue weighted by molar-refractivity contribution is -0.384. The summed E-state index contributed by atoms with van der Waals surface area (Å²) < 4.78 is 0. The molecule has 0 saturated heterocycles. The highest BCUT2D eigenvalue weighted by atomic mass is 35.5. The van der Waals surface area contributed by atoms with Gasteiger partial charge >= 0.3 is 0 Å². The molecule has 0 saturated carbocycles. The second-order valence-electron chi connectivity index (χ2n) is 3.77. The Bertz CT molecular complexity index is 774. The van der Waals surface area contributed by atoms with Crippen molar-refractivity contribution in [2.75, 3.05) is 0 Å². The normalized spacial score (nSPS) is 10.8. The van der Waals surface area contributed by atoms with Crippen molar-refractivity contribution in [3.63, 3.8) is 0 Å². The van der Waals surface area contributed by atoms with Crippen molar-refractivity contribution in [2.45, 2.75) is 0 Å². The summed E-state index contributed by atoms with van der Waals surface area (Å²) in [7, 11) is 0. The van der Waals surface area contributed by atoms with Gasteiger partial charge in [-0.15, -0.1) is 11.3 Å². The fourth-order valence-electron chi connectivity index (χ4n) is 1.71. The minimum atomic E-state index is -0.469. The minimum Gasteiger partial charge on any atom is -0.258 e. The van der Waals surface area contributed by atoms with Crippen LogP contribution in [0.1, 0.15) is 0 Å². The summed E-state index contributed by atoms with van der Waals surface area (Å²) in [5, 5.41) is 13.4. The third-order valence-electron chi connectivity index (χ3n) is 2.59. The summed E-state index contributed by atoms with van der Waals surface area (Å²) in [5.41, 5.74) is 0.566. The van der Waals surface area contributed by atoms with E-state index in [1.165, 1.54) is 23.5 Å². The van der Waals surface area contributed by atoms with Gasteiger partial charge in [0.2, 0.25) is 0 Å². The Morgan fingerprint density at radius 3 is 2.79 bits per heavy atom. The summed E-state index contributed by atoms with van der Waals surface area (Å²) in [5.74, 6) is 0.529. The monoisotopic (exact) mass is 291 g/mol. The fourth-order valence-corrected chi connectivity index (χ4v) is 2.60. The number of fused-ring (bicyclic) bond motifs is 1. The van der Waals surface area contributed by atoms with Gasteiger partial charge in [0.15, 0.2) is 5.82 Å². The molecule has 94 valence electrons. The van der Waals surface area contributed by atoms with Crippen LogP contribution in [0.25, 0.3) is 21.6 Å². The number of aromatic nitrogens is 2. The number of rotatable bonds is 2. The van der Waals surface area contributed by atoms with Crippen LogP contribution in [0.2, 0.25) is 5.15 Å². The van der Waals surface area contributed by atoms with Crippen LogP contribution < -0.4 is 0 Å². The van der Waals surface area contributed by atoms with Crippen molar-refractivity contribution >= 4 is 39.5 Å². The van der Waals surface area contributed by atoms with E-state index >= 15 is 0 Å². The molecule has 1 aromatic carbocycles. The van der Waals surface area contributed by atoms with Gasteiger partial charge in [0.05, 0.1) is 15.3 Å². The van der Waals surface area contributed by atoms with Crippen LogP contribution in [0, 0.1) is 10.1 Å². The molecule has 0 unspecified atom stereocenters. The van der Waals surface area contributed by atoms with Crippen LogP contribution in [0.4, 0.5) is 5.69 Å². The Balaban J connectivity index is 2.22. The van der Waals surface area contributed by atoms with Gasteiger partial charge in [-0.05, 0) is 17.5 Å². The minimum absolute atomic E-state index is 0.0260. The zero-order valence-corrected chi connectivity index (χ0v) is 11.0. The Hall–Kier alpha value is -2.05. The Morgan fingerprint density at radius 1 is 1.26 bits per heavy atom. The van der Waals surface area contributed by atoms with Gasteiger partial charge in [-0.3, -0.25) is 10.1 Å². The lowest BCUT2D eigenvalue weighted by Crippen LogP contribution is -1.92. The first kappa shape index (κ1) is 12.0. The maximum atomic E-state index is 10.7. The number of benzene rings is 1. The lowest BCUT2D eigenvalue weighted by Gasteiger charge is -2.02. The number of halogens is 1. The molecule has 5 nitrogen and oxygen atoms in total. The summed E-state index contributed by atoms with van der Waals surface area (Å²) >= 11 is 7.60. The topological polar surface area (TPSA) is 68.9 Å². The lowest BCUT2D eigenvalue weighted by atomic mass is 10.2. The van der Waals surface area contributed by atoms with E-state index in [2.05, 4.69) is 9.97 Å². The Labute approximate surface area is 116 Å². The van der Waals surface area contributed by atoms with E-state index < -0.39 is 4.92 Å². The van der Waals surface area contributed by atoms with Crippen molar-refractivity contribution in [1.29, 1.82) is 0 Å². The number of non-ortho nitro benzene ring substituents is 1. The van der Waals surface area contributed by atoms with Gasteiger partial charge in [-0.25, -0.2) is 9.97 Å². The molecular weight excluding hydrogens is 286 g/mol.